The minimum atomic E-state index is -0.553. The number of nitrogens with zero attached hydrogens (tertiary/aromatic N) is 1. The van der Waals surface area contributed by atoms with E-state index >= 15 is 0 Å². The lowest BCUT2D eigenvalue weighted by Gasteiger charge is -2.29. The third-order valence-electron chi connectivity index (χ3n) is 4.41. The molecule has 0 spiro atoms. The molecule has 1 heterocycles. The van der Waals surface area contributed by atoms with Crippen molar-refractivity contribution in [3.63, 3.8) is 0 Å². The molecule has 1 aliphatic carbocycles. The normalized spacial score (nSPS) is 19.6. The van der Waals surface area contributed by atoms with Crippen molar-refractivity contribution < 1.29 is 14.3 Å². The zero-order chi connectivity index (χ0) is 18.5. The fraction of sp³-hybridized carbons (Fsp3) is 0.316. The minimum Gasteiger partial charge on any atom is -0.474 e. The number of hydrogen-bond acceptors (Lipinski definition) is 4. The highest BCUT2D eigenvalue weighted by atomic mass is 79.9. The number of rotatable bonds is 5. The Kier molecular flexibility index (Phi) is 5.88. The predicted octanol–water partition coefficient (Wildman–Crippen LogP) is 3.06. The number of aromatic nitrogens is 1. The van der Waals surface area contributed by atoms with Gasteiger partial charge in [0, 0.05) is 22.3 Å². The van der Waals surface area contributed by atoms with Crippen LogP contribution in [0.3, 0.4) is 0 Å². The van der Waals surface area contributed by atoms with E-state index in [0.717, 1.165) is 30.2 Å². The number of halogens is 1. The Hall–Kier alpha value is -2.41. The van der Waals surface area contributed by atoms with Gasteiger partial charge in [0.1, 0.15) is 11.7 Å². The first kappa shape index (κ1) is 18.4. The van der Waals surface area contributed by atoms with Gasteiger partial charge in [-0.3, -0.25) is 9.59 Å². The average molecular weight is 418 g/mol. The third-order valence-corrected chi connectivity index (χ3v) is 4.90. The maximum absolute atomic E-state index is 12.3. The lowest BCUT2D eigenvalue weighted by Crippen LogP contribution is -2.39. The number of nitrogens with two attached hydrogens (primary N) is 1. The number of carbonyl (C=O) groups is 2. The Morgan fingerprint density at radius 3 is 2.62 bits per heavy atom. The number of nitrogens with one attached hydrogen (secondary N) is 1. The molecule has 6 nitrogen and oxygen atoms in total. The van der Waals surface area contributed by atoms with Crippen LogP contribution in [-0.2, 0) is 0 Å². The van der Waals surface area contributed by atoms with E-state index in [1.165, 1.54) is 0 Å². The van der Waals surface area contributed by atoms with Gasteiger partial charge in [0.15, 0.2) is 0 Å². The molecular formula is C19H20BrN3O3. The van der Waals surface area contributed by atoms with Crippen LogP contribution in [-0.4, -0.2) is 28.9 Å². The number of carbonyl (C=O) groups excluding carboxylic acids is 2. The highest BCUT2D eigenvalue weighted by Gasteiger charge is 2.25. The van der Waals surface area contributed by atoms with Gasteiger partial charge >= 0.3 is 0 Å². The molecule has 3 rings (SSSR count). The summed E-state index contributed by atoms with van der Waals surface area (Å²) in [5.41, 5.74) is 6.28. The minimum absolute atomic E-state index is 0.0398. The number of benzene rings is 1. The van der Waals surface area contributed by atoms with Crippen LogP contribution < -0.4 is 15.8 Å². The number of hydrogen-bond donors (Lipinski definition) is 2. The molecule has 136 valence electrons. The Labute approximate surface area is 160 Å². The van der Waals surface area contributed by atoms with Crippen LogP contribution in [0.4, 0.5) is 0 Å². The third kappa shape index (κ3) is 4.60. The molecule has 0 radical (unpaired) electrons. The first-order valence-corrected chi connectivity index (χ1v) is 9.30. The molecular weight excluding hydrogens is 398 g/mol. The monoisotopic (exact) mass is 417 g/mol. The summed E-state index contributed by atoms with van der Waals surface area (Å²) in [5.74, 6) is -0.346. The maximum atomic E-state index is 12.3. The highest BCUT2D eigenvalue weighted by Crippen LogP contribution is 2.25. The van der Waals surface area contributed by atoms with Crippen LogP contribution in [0.1, 0.15) is 46.4 Å². The summed E-state index contributed by atoms with van der Waals surface area (Å²) in [5, 5.41) is 3.07. The summed E-state index contributed by atoms with van der Waals surface area (Å²) in [4.78, 5) is 27.9. The zero-order valence-electron chi connectivity index (χ0n) is 14.2. The van der Waals surface area contributed by atoms with E-state index in [0.29, 0.717) is 5.56 Å². The van der Waals surface area contributed by atoms with Crippen LogP contribution in [0.25, 0.3) is 0 Å². The van der Waals surface area contributed by atoms with Crippen molar-refractivity contribution in [2.24, 2.45) is 5.73 Å². The van der Waals surface area contributed by atoms with E-state index in [9.17, 15) is 9.59 Å². The Bertz CT molecular complexity index is 804. The van der Waals surface area contributed by atoms with E-state index in [4.69, 9.17) is 10.5 Å². The molecule has 0 bridgehead atoms. The highest BCUT2D eigenvalue weighted by molar-refractivity contribution is 9.10. The molecule has 0 unspecified atom stereocenters. The van der Waals surface area contributed by atoms with Crippen LogP contribution in [0.2, 0.25) is 0 Å². The second kappa shape index (κ2) is 8.31. The van der Waals surface area contributed by atoms with Gasteiger partial charge in [0.25, 0.3) is 11.8 Å². The summed E-state index contributed by atoms with van der Waals surface area (Å²) < 4.78 is 6.75. The van der Waals surface area contributed by atoms with E-state index in [-0.39, 0.29) is 29.5 Å². The van der Waals surface area contributed by atoms with Crippen LogP contribution in [0.15, 0.2) is 47.1 Å². The smallest absolute Gasteiger partial charge is 0.254 e. The molecule has 0 atom stereocenters. The first-order valence-electron chi connectivity index (χ1n) is 8.51. The van der Waals surface area contributed by atoms with Crippen LogP contribution >= 0.6 is 15.9 Å². The molecule has 1 saturated carbocycles. The van der Waals surface area contributed by atoms with E-state index in [1.807, 2.05) is 12.1 Å². The molecule has 1 aliphatic rings. The van der Waals surface area contributed by atoms with Crippen molar-refractivity contribution in [2.45, 2.75) is 37.8 Å². The number of amides is 2. The SMILES string of the molecule is NC(=O)c1cccnc1OC1CCC(NC(=O)c2cccc(Br)c2)CC1. The van der Waals surface area contributed by atoms with Crippen LogP contribution in [0.5, 0.6) is 5.88 Å². The van der Waals surface area contributed by atoms with Gasteiger partial charge < -0.3 is 15.8 Å². The average Bonchev–Trinajstić information content (AvgIpc) is 2.63. The predicted molar refractivity (Wildman–Crippen MR) is 101 cm³/mol. The van der Waals surface area contributed by atoms with E-state index in [1.54, 1.807) is 30.5 Å². The van der Waals surface area contributed by atoms with Gasteiger partial charge in [-0.2, -0.15) is 0 Å². The zero-order valence-corrected chi connectivity index (χ0v) is 15.7. The second-order valence-electron chi connectivity index (χ2n) is 6.30. The van der Waals surface area contributed by atoms with Crippen molar-refractivity contribution in [1.29, 1.82) is 0 Å². The van der Waals surface area contributed by atoms with Gasteiger partial charge in [0.2, 0.25) is 5.88 Å². The van der Waals surface area contributed by atoms with Crippen molar-refractivity contribution in [2.75, 3.05) is 0 Å². The number of ether oxygens (including phenoxy) is 1. The van der Waals surface area contributed by atoms with Gasteiger partial charge in [-0.15, -0.1) is 0 Å². The summed E-state index contributed by atoms with van der Waals surface area (Å²) in [6.45, 7) is 0. The molecule has 1 fully saturated rings. The summed E-state index contributed by atoms with van der Waals surface area (Å²) in [6.07, 6.45) is 4.70. The van der Waals surface area contributed by atoms with E-state index < -0.39 is 5.91 Å². The summed E-state index contributed by atoms with van der Waals surface area (Å²) in [7, 11) is 0. The summed E-state index contributed by atoms with van der Waals surface area (Å²) >= 11 is 3.38. The lowest BCUT2D eigenvalue weighted by atomic mass is 9.92. The molecule has 0 aliphatic heterocycles. The fourth-order valence-electron chi connectivity index (χ4n) is 3.05. The molecule has 26 heavy (non-hydrogen) atoms. The molecule has 0 saturated heterocycles. The second-order valence-corrected chi connectivity index (χ2v) is 7.21. The Morgan fingerprint density at radius 1 is 1.15 bits per heavy atom. The fourth-order valence-corrected chi connectivity index (χ4v) is 3.45. The Morgan fingerprint density at radius 2 is 1.92 bits per heavy atom. The standard InChI is InChI=1S/C19H20BrN3O3/c20-13-4-1-3-12(11-13)18(25)23-14-6-8-15(9-7-14)26-19-16(17(21)24)5-2-10-22-19/h1-5,10-11,14-15H,6-9H2,(H2,21,24)(H,23,25). The van der Waals surface area contributed by atoms with Crippen molar-refractivity contribution in [3.8, 4) is 5.88 Å². The number of primary amides is 1. The van der Waals surface area contributed by atoms with Crippen molar-refractivity contribution >= 4 is 27.7 Å². The molecule has 2 amide bonds. The van der Waals surface area contributed by atoms with Gasteiger partial charge in [-0.1, -0.05) is 22.0 Å². The molecule has 1 aromatic carbocycles. The van der Waals surface area contributed by atoms with E-state index in [2.05, 4.69) is 26.2 Å². The quantitative estimate of drug-likeness (QED) is 0.781. The summed E-state index contributed by atoms with van der Waals surface area (Å²) in [6, 6.07) is 10.7. The van der Waals surface area contributed by atoms with Gasteiger partial charge in [-0.05, 0) is 56.0 Å². The van der Waals surface area contributed by atoms with Crippen LogP contribution in [0, 0.1) is 0 Å². The van der Waals surface area contributed by atoms with Gasteiger partial charge in [-0.25, -0.2) is 4.98 Å². The Balaban J connectivity index is 1.53. The van der Waals surface area contributed by atoms with Gasteiger partial charge in [0.05, 0.1) is 0 Å². The molecule has 7 heteroatoms. The largest absolute Gasteiger partial charge is 0.474 e. The first-order chi connectivity index (χ1) is 12.5. The molecule has 1 aromatic heterocycles. The van der Waals surface area contributed by atoms with Crippen molar-refractivity contribution in [1.82, 2.24) is 10.3 Å². The molecule has 3 N–H and O–H groups in total. The lowest BCUT2D eigenvalue weighted by molar-refractivity contribution is 0.0881. The number of pyridine rings is 1. The molecule has 2 aromatic rings. The maximum Gasteiger partial charge on any atom is 0.254 e. The van der Waals surface area contributed by atoms with Crippen molar-refractivity contribution in [3.05, 3.63) is 58.2 Å². The topological polar surface area (TPSA) is 94.3 Å².